The summed E-state index contributed by atoms with van der Waals surface area (Å²) in [6, 6.07) is 3.89. The number of amides is 1. The number of carbonyl (C=O) groups excluding carboxylic acids is 2. The van der Waals surface area contributed by atoms with E-state index in [9.17, 15) is 9.59 Å². The van der Waals surface area contributed by atoms with Gasteiger partial charge in [0, 0.05) is 24.0 Å². The summed E-state index contributed by atoms with van der Waals surface area (Å²) in [6.07, 6.45) is 8.97. The molecule has 1 amide bonds. The number of nitrogens with zero attached hydrogens (tertiary/aromatic N) is 2. The molecule has 0 radical (unpaired) electrons. The Morgan fingerprint density at radius 1 is 1.15 bits per heavy atom. The standard InChI is InChI=1S/C31H42N2O6/c1-8-10-12-23(11-9-2)29-32-26(21(3)38-29)17-18-37-27-15-13-22(14-16-28(34)36-7)24-19-33(20-25(24)27)30(35)39-31(4,5)6/h8,10-11,13,15H,9,12,14,16-20H2,1-7H3/b10-8-,23-11+. The lowest BCUT2D eigenvalue weighted by atomic mass is 9.99. The van der Waals surface area contributed by atoms with Gasteiger partial charge in [-0.2, -0.15) is 0 Å². The first-order valence-corrected chi connectivity index (χ1v) is 13.6. The van der Waals surface area contributed by atoms with Crippen LogP contribution in [0.15, 0.2) is 34.8 Å². The smallest absolute Gasteiger partial charge is 0.410 e. The Bertz CT molecular complexity index is 1220. The van der Waals surface area contributed by atoms with Gasteiger partial charge >= 0.3 is 12.1 Å². The molecule has 0 saturated carbocycles. The predicted octanol–water partition coefficient (Wildman–Crippen LogP) is 6.72. The van der Waals surface area contributed by atoms with Gasteiger partial charge in [-0.1, -0.05) is 31.2 Å². The second-order valence-electron chi connectivity index (χ2n) is 10.6. The molecule has 1 aromatic heterocycles. The molecule has 0 atom stereocenters. The zero-order valence-corrected chi connectivity index (χ0v) is 24.4. The van der Waals surface area contributed by atoms with Crippen LogP contribution in [0.3, 0.4) is 0 Å². The molecule has 0 saturated heterocycles. The van der Waals surface area contributed by atoms with Crippen LogP contribution in [0.1, 0.15) is 87.9 Å². The van der Waals surface area contributed by atoms with Gasteiger partial charge in [-0.3, -0.25) is 9.69 Å². The number of hydrogen-bond donors (Lipinski definition) is 0. The second kappa shape index (κ2) is 13.5. The fraction of sp³-hybridized carbons (Fsp3) is 0.516. The summed E-state index contributed by atoms with van der Waals surface area (Å²) in [5.74, 6) is 1.90. The molecule has 2 heterocycles. The van der Waals surface area contributed by atoms with Crippen LogP contribution >= 0.6 is 0 Å². The first-order valence-electron chi connectivity index (χ1n) is 13.6. The number of methoxy groups -OCH3 is 1. The number of allylic oxidation sites excluding steroid dienone is 4. The van der Waals surface area contributed by atoms with Gasteiger partial charge in [0.2, 0.25) is 5.89 Å². The number of ether oxygens (including phenoxy) is 3. The van der Waals surface area contributed by atoms with Crippen molar-refractivity contribution < 1.29 is 28.2 Å². The SMILES string of the molecule is C/C=C\C/C(=C\CC)c1nc(CCOc2ccc(CCC(=O)OC)c3c2CN(C(=O)OC(C)(C)C)C3)c(C)o1. The van der Waals surface area contributed by atoms with Crippen molar-refractivity contribution in [1.29, 1.82) is 0 Å². The topological polar surface area (TPSA) is 91.1 Å². The molecule has 0 fully saturated rings. The molecule has 212 valence electrons. The van der Waals surface area contributed by atoms with E-state index in [1.54, 1.807) is 4.90 Å². The number of esters is 1. The number of hydrogen-bond acceptors (Lipinski definition) is 7. The number of aryl methyl sites for hydroxylation is 2. The molecule has 0 spiro atoms. The lowest BCUT2D eigenvalue weighted by Gasteiger charge is -2.24. The Morgan fingerprint density at radius 2 is 1.90 bits per heavy atom. The number of rotatable bonds is 11. The van der Waals surface area contributed by atoms with E-state index < -0.39 is 5.60 Å². The molecular formula is C31H42N2O6. The summed E-state index contributed by atoms with van der Waals surface area (Å²) in [7, 11) is 1.39. The van der Waals surface area contributed by atoms with Gasteiger partial charge in [-0.25, -0.2) is 9.78 Å². The molecular weight excluding hydrogens is 496 g/mol. The van der Waals surface area contributed by atoms with Gasteiger partial charge in [0.25, 0.3) is 0 Å². The Morgan fingerprint density at radius 3 is 2.56 bits per heavy atom. The third-order valence-corrected chi connectivity index (χ3v) is 6.45. The van der Waals surface area contributed by atoms with Crippen molar-refractivity contribution >= 4 is 17.6 Å². The molecule has 0 unspecified atom stereocenters. The Balaban J connectivity index is 1.76. The van der Waals surface area contributed by atoms with Crippen molar-refractivity contribution in [3.63, 3.8) is 0 Å². The molecule has 0 bridgehead atoms. The van der Waals surface area contributed by atoms with Crippen LogP contribution in [0.4, 0.5) is 4.79 Å². The van der Waals surface area contributed by atoms with E-state index in [0.29, 0.717) is 38.4 Å². The van der Waals surface area contributed by atoms with Crippen molar-refractivity contribution in [2.75, 3.05) is 13.7 Å². The van der Waals surface area contributed by atoms with Crippen LogP contribution < -0.4 is 4.74 Å². The molecule has 8 heteroatoms. The van der Waals surface area contributed by atoms with Crippen LogP contribution in [0, 0.1) is 6.92 Å². The summed E-state index contributed by atoms with van der Waals surface area (Å²) in [5.41, 5.74) is 4.30. The third-order valence-electron chi connectivity index (χ3n) is 6.45. The van der Waals surface area contributed by atoms with Crippen LogP contribution in [0.2, 0.25) is 0 Å². The summed E-state index contributed by atoms with van der Waals surface area (Å²) in [5, 5.41) is 0. The van der Waals surface area contributed by atoms with E-state index in [0.717, 1.165) is 52.3 Å². The van der Waals surface area contributed by atoms with E-state index >= 15 is 0 Å². The lowest BCUT2D eigenvalue weighted by Crippen LogP contribution is -2.33. The largest absolute Gasteiger partial charge is 0.493 e. The lowest BCUT2D eigenvalue weighted by molar-refractivity contribution is -0.140. The van der Waals surface area contributed by atoms with Gasteiger partial charge in [0.05, 0.1) is 32.5 Å². The van der Waals surface area contributed by atoms with Gasteiger partial charge < -0.3 is 18.6 Å². The summed E-state index contributed by atoms with van der Waals surface area (Å²) in [4.78, 5) is 31.0. The normalized spacial score (nSPS) is 13.6. The summed E-state index contributed by atoms with van der Waals surface area (Å²) < 4.78 is 22.7. The first-order chi connectivity index (χ1) is 18.6. The van der Waals surface area contributed by atoms with Crippen LogP contribution in [-0.4, -0.2) is 41.3 Å². The van der Waals surface area contributed by atoms with Crippen molar-refractivity contribution in [1.82, 2.24) is 9.88 Å². The summed E-state index contributed by atoms with van der Waals surface area (Å²) in [6.45, 7) is 12.8. The van der Waals surface area contributed by atoms with Crippen molar-refractivity contribution in [2.24, 2.45) is 0 Å². The van der Waals surface area contributed by atoms with Gasteiger partial charge in [0.1, 0.15) is 17.1 Å². The van der Waals surface area contributed by atoms with Gasteiger partial charge in [-0.15, -0.1) is 0 Å². The molecule has 39 heavy (non-hydrogen) atoms. The fourth-order valence-corrected chi connectivity index (χ4v) is 4.50. The molecule has 1 aliphatic rings. The number of carbonyl (C=O) groups is 2. The molecule has 0 aliphatic carbocycles. The molecule has 0 N–H and O–H groups in total. The maximum Gasteiger partial charge on any atom is 0.410 e. The van der Waals surface area contributed by atoms with Gasteiger partial charge in [0.15, 0.2) is 0 Å². The molecule has 2 aromatic rings. The minimum absolute atomic E-state index is 0.268. The molecule has 1 aromatic carbocycles. The average molecular weight is 539 g/mol. The van der Waals surface area contributed by atoms with E-state index in [-0.39, 0.29) is 18.5 Å². The van der Waals surface area contributed by atoms with E-state index in [1.807, 2.05) is 52.8 Å². The van der Waals surface area contributed by atoms with Crippen molar-refractivity contribution in [2.45, 2.75) is 92.3 Å². The minimum atomic E-state index is -0.591. The van der Waals surface area contributed by atoms with Crippen LogP contribution in [0.25, 0.3) is 5.57 Å². The van der Waals surface area contributed by atoms with Crippen molar-refractivity contribution in [3.8, 4) is 5.75 Å². The monoisotopic (exact) mass is 538 g/mol. The Hall–Kier alpha value is -3.55. The number of oxazole rings is 1. The van der Waals surface area contributed by atoms with Crippen LogP contribution in [0.5, 0.6) is 5.75 Å². The second-order valence-corrected chi connectivity index (χ2v) is 10.6. The van der Waals surface area contributed by atoms with E-state index in [4.69, 9.17) is 23.6 Å². The average Bonchev–Trinajstić information content (AvgIpc) is 3.49. The zero-order chi connectivity index (χ0) is 28.6. The Kier molecular flexibility index (Phi) is 10.4. The summed E-state index contributed by atoms with van der Waals surface area (Å²) >= 11 is 0. The molecule has 1 aliphatic heterocycles. The maximum absolute atomic E-state index is 12.8. The molecule has 8 nitrogen and oxygen atoms in total. The highest BCUT2D eigenvalue weighted by Crippen LogP contribution is 2.35. The quantitative estimate of drug-likeness (QED) is 0.232. The Labute approximate surface area is 232 Å². The maximum atomic E-state index is 12.8. The highest BCUT2D eigenvalue weighted by atomic mass is 16.6. The van der Waals surface area contributed by atoms with Gasteiger partial charge in [-0.05, 0) is 71.1 Å². The number of aromatic nitrogens is 1. The predicted molar refractivity (Wildman–Crippen MR) is 150 cm³/mol. The van der Waals surface area contributed by atoms with Crippen molar-refractivity contribution in [3.05, 3.63) is 64.4 Å². The third kappa shape index (κ3) is 8.22. The minimum Gasteiger partial charge on any atom is -0.493 e. The van der Waals surface area contributed by atoms with E-state index in [2.05, 4.69) is 19.1 Å². The highest BCUT2D eigenvalue weighted by molar-refractivity contribution is 5.71. The molecule has 3 rings (SSSR count). The zero-order valence-electron chi connectivity index (χ0n) is 24.4. The highest BCUT2D eigenvalue weighted by Gasteiger charge is 2.31. The van der Waals surface area contributed by atoms with Crippen LogP contribution in [-0.2, 0) is 40.2 Å². The number of benzene rings is 1. The first kappa shape index (κ1) is 30.0. The van der Waals surface area contributed by atoms with E-state index in [1.165, 1.54) is 7.11 Å². The number of fused-ring (bicyclic) bond motifs is 1. The fourth-order valence-electron chi connectivity index (χ4n) is 4.50.